The molecular formula is C29H34ClN3O4S. The van der Waals surface area contributed by atoms with Gasteiger partial charge in [-0.3, -0.25) is 14.5 Å². The number of nitrogens with one attached hydrogen (secondary N) is 1. The van der Waals surface area contributed by atoms with Crippen LogP contribution >= 0.6 is 11.6 Å². The fourth-order valence-corrected chi connectivity index (χ4v) is 6.77. The van der Waals surface area contributed by atoms with Crippen molar-refractivity contribution in [2.45, 2.75) is 43.9 Å². The first-order valence-electron chi connectivity index (χ1n) is 13.1. The number of hydrogen-bond donors (Lipinski definition) is 2. The summed E-state index contributed by atoms with van der Waals surface area (Å²) in [6.07, 6.45) is 5.55. The Balaban J connectivity index is 1.42. The fraction of sp³-hybridized carbons (Fsp3) is 0.448. The quantitative estimate of drug-likeness (QED) is 0.535. The van der Waals surface area contributed by atoms with E-state index in [0.29, 0.717) is 58.4 Å². The largest absolute Gasteiger partial charge is 0.401 e. The molecule has 202 valence electrons. The maximum atomic E-state index is 13.4. The number of sulfone groups is 1. The second kappa shape index (κ2) is 10.1. The Morgan fingerprint density at radius 1 is 1.21 bits per heavy atom. The van der Waals surface area contributed by atoms with Crippen LogP contribution in [0.2, 0.25) is 5.02 Å². The minimum atomic E-state index is -3.37. The number of piperidine rings is 1. The molecule has 1 spiro atoms. The minimum absolute atomic E-state index is 0.00600. The van der Waals surface area contributed by atoms with Gasteiger partial charge in [0.25, 0.3) is 0 Å². The second-order valence-corrected chi connectivity index (χ2v) is 13.6. The molecule has 2 aromatic rings. The molecule has 1 amide bonds. The standard InChI is InChI=1S/C29H34ClN3O4S/c1-18-11-23(20-5-3-6-21(12-20)38(2,36)37)24(30)13-22(18)27-25(34)14-29(28(27)31)9-4-10-33(17-29)16-26(35)32-15-19-7-8-19/h3,5-6,11-13,19H,4,7-10,14-17,31H2,1-2H3,(H,32,35). The molecule has 1 atom stereocenters. The highest BCUT2D eigenvalue weighted by Crippen LogP contribution is 2.49. The molecule has 38 heavy (non-hydrogen) atoms. The van der Waals surface area contributed by atoms with Crippen LogP contribution in [0.3, 0.4) is 0 Å². The van der Waals surface area contributed by atoms with Crippen LogP contribution in [0.25, 0.3) is 16.7 Å². The van der Waals surface area contributed by atoms with E-state index in [1.165, 1.54) is 19.1 Å². The number of nitrogens with two attached hydrogens (primary N) is 1. The first-order chi connectivity index (χ1) is 18.0. The SMILES string of the molecule is Cc1cc(-c2cccc(S(C)(=O)=O)c2)c(Cl)cc1C1=C(N)C2(CCCN(CC(=O)NCC3CC3)C2)CC1=O. The van der Waals surface area contributed by atoms with Gasteiger partial charge in [0, 0.05) is 53.0 Å². The molecule has 0 bridgehead atoms. The summed E-state index contributed by atoms with van der Waals surface area (Å²) in [6.45, 7) is 4.36. The van der Waals surface area contributed by atoms with Crippen LogP contribution in [0.1, 0.15) is 43.2 Å². The summed E-state index contributed by atoms with van der Waals surface area (Å²) in [5.74, 6) is 0.651. The summed E-state index contributed by atoms with van der Waals surface area (Å²) < 4.78 is 24.1. The van der Waals surface area contributed by atoms with Gasteiger partial charge in [-0.15, -0.1) is 0 Å². The average molecular weight is 556 g/mol. The number of amides is 1. The molecule has 3 aliphatic rings. The molecule has 0 radical (unpaired) electrons. The number of carbonyl (C=O) groups excluding carboxylic acids is 2. The first kappa shape index (κ1) is 26.9. The number of likely N-dealkylation sites (tertiary alicyclic amines) is 1. The van der Waals surface area contributed by atoms with Gasteiger partial charge in [-0.05, 0) is 86.0 Å². The van der Waals surface area contributed by atoms with Gasteiger partial charge in [0.15, 0.2) is 15.6 Å². The Labute approximate surface area is 229 Å². The van der Waals surface area contributed by atoms with Crippen molar-refractivity contribution in [2.75, 3.05) is 32.4 Å². The molecular weight excluding hydrogens is 522 g/mol. The topological polar surface area (TPSA) is 110 Å². The highest BCUT2D eigenvalue weighted by molar-refractivity contribution is 7.90. The Bertz CT molecular complexity index is 1450. The normalized spacial score (nSPS) is 22.3. The van der Waals surface area contributed by atoms with E-state index in [-0.39, 0.29) is 16.6 Å². The van der Waals surface area contributed by atoms with Crippen molar-refractivity contribution in [1.82, 2.24) is 10.2 Å². The van der Waals surface area contributed by atoms with Crippen LogP contribution in [-0.2, 0) is 19.4 Å². The van der Waals surface area contributed by atoms with Crippen LogP contribution in [0.5, 0.6) is 0 Å². The number of halogens is 1. The van der Waals surface area contributed by atoms with Crippen molar-refractivity contribution in [3.8, 4) is 11.1 Å². The number of hydrogen-bond acceptors (Lipinski definition) is 6. The molecule has 1 unspecified atom stereocenters. The van der Waals surface area contributed by atoms with Crippen LogP contribution in [-0.4, -0.2) is 57.4 Å². The summed E-state index contributed by atoms with van der Waals surface area (Å²) in [4.78, 5) is 28.2. The zero-order valence-electron chi connectivity index (χ0n) is 21.8. The van der Waals surface area contributed by atoms with Gasteiger partial charge in [0.2, 0.25) is 5.91 Å². The molecule has 7 nitrogen and oxygen atoms in total. The monoisotopic (exact) mass is 555 g/mol. The molecule has 9 heteroatoms. The lowest BCUT2D eigenvalue weighted by molar-refractivity contribution is -0.123. The molecule has 5 rings (SSSR count). The first-order valence-corrected chi connectivity index (χ1v) is 15.4. The van der Waals surface area contributed by atoms with Gasteiger partial charge < -0.3 is 11.1 Å². The summed E-state index contributed by atoms with van der Waals surface area (Å²) >= 11 is 6.71. The van der Waals surface area contributed by atoms with Gasteiger partial charge in [0.1, 0.15) is 0 Å². The maximum Gasteiger partial charge on any atom is 0.234 e. The van der Waals surface area contributed by atoms with E-state index < -0.39 is 15.3 Å². The number of Topliss-reactive ketones (excluding diaryl/α,β-unsaturated/α-hetero) is 1. The smallest absolute Gasteiger partial charge is 0.234 e. The van der Waals surface area contributed by atoms with E-state index in [4.69, 9.17) is 17.3 Å². The highest BCUT2D eigenvalue weighted by atomic mass is 35.5. The van der Waals surface area contributed by atoms with Crippen LogP contribution in [0.15, 0.2) is 47.0 Å². The van der Waals surface area contributed by atoms with Crippen molar-refractivity contribution >= 4 is 38.7 Å². The van der Waals surface area contributed by atoms with Crippen molar-refractivity contribution in [3.05, 3.63) is 58.2 Å². The minimum Gasteiger partial charge on any atom is -0.401 e. The number of nitrogens with zero attached hydrogens (tertiary/aromatic N) is 1. The lowest BCUT2D eigenvalue weighted by Gasteiger charge is -2.40. The fourth-order valence-electron chi connectivity index (χ4n) is 5.83. The third-order valence-corrected chi connectivity index (χ3v) is 9.51. The zero-order chi connectivity index (χ0) is 27.2. The summed E-state index contributed by atoms with van der Waals surface area (Å²) in [5, 5.41) is 3.45. The number of benzene rings is 2. The van der Waals surface area contributed by atoms with Crippen molar-refractivity contribution in [2.24, 2.45) is 17.1 Å². The number of rotatable bonds is 7. The van der Waals surface area contributed by atoms with Gasteiger partial charge in [0.05, 0.1) is 11.4 Å². The van der Waals surface area contributed by atoms with Crippen LogP contribution in [0.4, 0.5) is 0 Å². The summed E-state index contributed by atoms with van der Waals surface area (Å²) in [6, 6.07) is 10.3. The van der Waals surface area contributed by atoms with Crippen molar-refractivity contribution in [1.29, 1.82) is 0 Å². The van der Waals surface area contributed by atoms with Crippen LogP contribution in [0, 0.1) is 18.3 Å². The third kappa shape index (κ3) is 5.40. The molecule has 1 aliphatic heterocycles. The van der Waals surface area contributed by atoms with Gasteiger partial charge in [-0.25, -0.2) is 8.42 Å². The number of aryl methyl sites for hydroxylation is 1. The van der Waals surface area contributed by atoms with Gasteiger partial charge >= 0.3 is 0 Å². The Morgan fingerprint density at radius 2 is 1.97 bits per heavy atom. The van der Waals surface area contributed by atoms with Gasteiger partial charge in [-0.1, -0.05) is 23.7 Å². The lowest BCUT2D eigenvalue weighted by Crippen LogP contribution is -2.48. The Kier molecular flexibility index (Phi) is 7.18. The average Bonchev–Trinajstić information content (AvgIpc) is 3.65. The molecule has 0 aromatic heterocycles. The van der Waals surface area contributed by atoms with E-state index in [2.05, 4.69) is 10.2 Å². The lowest BCUT2D eigenvalue weighted by atomic mass is 9.77. The molecule has 2 aliphatic carbocycles. The maximum absolute atomic E-state index is 13.4. The predicted octanol–water partition coefficient (Wildman–Crippen LogP) is 3.97. The van der Waals surface area contributed by atoms with Gasteiger partial charge in [-0.2, -0.15) is 0 Å². The van der Waals surface area contributed by atoms with E-state index in [1.807, 2.05) is 19.1 Å². The number of carbonyl (C=O) groups is 2. The summed E-state index contributed by atoms with van der Waals surface area (Å²) in [5.41, 5.74) is 10.3. The summed E-state index contributed by atoms with van der Waals surface area (Å²) in [7, 11) is -3.37. The molecule has 1 heterocycles. The van der Waals surface area contributed by atoms with E-state index in [0.717, 1.165) is 31.5 Å². The molecule has 1 saturated carbocycles. The van der Waals surface area contributed by atoms with E-state index in [1.54, 1.807) is 24.3 Å². The molecule has 2 fully saturated rings. The highest BCUT2D eigenvalue weighted by Gasteiger charge is 2.47. The van der Waals surface area contributed by atoms with Crippen molar-refractivity contribution < 1.29 is 18.0 Å². The zero-order valence-corrected chi connectivity index (χ0v) is 23.4. The molecule has 2 aromatic carbocycles. The molecule has 3 N–H and O–H groups in total. The van der Waals surface area contributed by atoms with Crippen LogP contribution < -0.4 is 11.1 Å². The van der Waals surface area contributed by atoms with E-state index >= 15 is 0 Å². The Hall–Kier alpha value is -2.68. The van der Waals surface area contributed by atoms with E-state index in [9.17, 15) is 18.0 Å². The predicted molar refractivity (Wildman–Crippen MR) is 149 cm³/mol. The Morgan fingerprint density at radius 3 is 2.68 bits per heavy atom. The second-order valence-electron chi connectivity index (χ2n) is 11.2. The number of allylic oxidation sites excluding steroid dienone is 1. The number of ketones is 1. The molecule has 1 saturated heterocycles. The third-order valence-electron chi connectivity index (χ3n) is 8.08. The van der Waals surface area contributed by atoms with Crippen molar-refractivity contribution in [3.63, 3.8) is 0 Å².